The number of nitrogens with zero attached hydrogens (tertiary/aromatic N) is 1. The van der Waals surface area contributed by atoms with Crippen LogP contribution in [0.25, 0.3) is 0 Å². The van der Waals surface area contributed by atoms with E-state index in [-0.39, 0.29) is 5.54 Å². The van der Waals surface area contributed by atoms with E-state index in [1.54, 1.807) is 0 Å². The lowest BCUT2D eigenvalue weighted by molar-refractivity contribution is 0.333. The van der Waals surface area contributed by atoms with Crippen molar-refractivity contribution in [2.24, 2.45) is 4.99 Å². The van der Waals surface area contributed by atoms with E-state index in [2.05, 4.69) is 32.5 Å². The van der Waals surface area contributed by atoms with Gasteiger partial charge in [0.25, 0.3) is 0 Å². The van der Waals surface area contributed by atoms with Gasteiger partial charge in [0, 0.05) is 0 Å². The zero-order chi connectivity index (χ0) is 14.4. The molecule has 0 aromatic carbocycles. The molecule has 1 atom stereocenters. The van der Waals surface area contributed by atoms with Gasteiger partial charge in [0.05, 0.1) is 5.54 Å². The third-order valence-electron chi connectivity index (χ3n) is 4.48. The average Bonchev–Trinajstić information content (AvgIpc) is 2.45. The Balaban J connectivity index is 3.66. The molecule has 114 valence electrons. The Morgan fingerprint density at radius 1 is 0.684 bits per heavy atom. The van der Waals surface area contributed by atoms with Crippen molar-refractivity contribution in [3.63, 3.8) is 0 Å². The summed E-state index contributed by atoms with van der Waals surface area (Å²) in [5.74, 6) is 0. The molecule has 1 nitrogen and oxygen atoms in total. The van der Waals surface area contributed by atoms with Gasteiger partial charge in [0.2, 0.25) is 0 Å². The highest BCUT2D eigenvalue weighted by Gasteiger charge is 2.24. The molecule has 0 radical (unpaired) electrons. The molecule has 0 spiro atoms. The van der Waals surface area contributed by atoms with Crippen molar-refractivity contribution in [2.75, 3.05) is 0 Å². The van der Waals surface area contributed by atoms with Crippen LogP contribution in [-0.4, -0.2) is 12.3 Å². The summed E-state index contributed by atoms with van der Waals surface area (Å²) in [5, 5.41) is 0. The van der Waals surface area contributed by atoms with Gasteiger partial charge in [-0.1, -0.05) is 85.0 Å². The van der Waals surface area contributed by atoms with Gasteiger partial charge in [-0.15, -0.1) is 0 Å². The van der Waals surface area contributed by atoms with Gasteiger partial charge in [-0.3, -0.25) is 4.99 Å². The number of aliphatic imine (C=N–C) groups is 1. The quantitative estimate of drug-likeness (QED) is 0.250. The van der Waals surface area contributed by atoms with Crippen molar-refractivity contribution in [3.8, 4) is 0 Å². The smallest absolute Gasteiger partial charge is 0.0598 e. The first-order valence-electron chi connectivity index (χ1n) is 8.72. The fourth-order valence-electron chi connectivity index (χ4n) is 2.84. The van der Waals surface area contributed by atoms with Crippen LogP contribution in [-0.2, 0) is 0 Å². The molecule has 0 aromatic heterocycles. The first-order valence-corrected chi connectivity index (χ1v) is 8.72. The van der Waals surface area contributed by atoms with Crippen LogP contribution in [0, 0.1) is 0 Å². The van der Waals surface area contributed by atoms with Crippen LogP contribution >= 0.6 is 0 Å². The van der Waals surface area contributed by atoms with Crippen LogP contribution in [0.3, 0.4) is 0 Å². The van der Waals surface area contributed by atoms with Gasteiger partial charge < -0.3 is 0 Å². The fourth-order valence-corrected chi connectivity index (χ4v) is 2.84. The van der Waals surface area contributed by atoms with E-state index in [1.807, 2.05) is 0 Å². The number of hydrogen-bond donors (Lipinski definition) is 0. The predicted molar refractivity (Wildman–Crippen MR) is 89.3 cm³/mol. The highest BCUT2D eigenvalue weighted by Crippen LogP contribution is 2.29. The monoisotopic (exact) mass is 267 g/mol. The van der Waals surface area contributed by atoms with Crippen molar-refractivity contribution < 1.29 is 0 Å². The first kappa shape index (κ1) is 18.7. The summed E-state index contributed by atoms with van der Waals surface area (Å²) in [4.78, 5) is 4.48. The molecule has 0 bridgehead atoms. The van der Waals surface area contributed by atoms with Crippen molar-refractivity contribution >= 4 is 6.72 Å². The molecule has 19 heavy (non-hydrogen) atoms. The average molecular weight is 268 g/mol. The normalized spacial score (nSPS) is 14.3. The molecule has 1 heteroatoms. The number of rotatable bonds is 14. The van der Waals surface area contributed by atoms with Gasteiger partial charge in [0.15, 0.2) is 0 Å². The van der Waals surface area contributed by atoms with Gasteiger partial charge in [-0.2, -0.15) is 0 Å². The van der Waals surface area contributed by atoms with E-state index in [4.69, 9.17) is 0 Å². The highest BCUT2D eigenvalue weighted by atomic mass is 14.8. The third kappa shape index (κ3) is 9.24. The molecule has 0 saturated heterocycles. The molecule has 0 saturated carbocycles. The van der Waals surface area contributed by atoms with E-state index in [0.29, 0.717) is 0 Å². The van der Waals surface area contributed by atoms with Crippen LogP contribution in [0.5, 0.6) is 0 Å². The summed E-state index contributed by atoms with van der Waals surface area (Å²) in [7, 11) is 0. The lowest BCUT2D eigenvalue weighted by atomic mass is 9.85. The molecule has 0 fully saturated rings. The zero-order valence-electron chi connectivity index (χ0n) is 13.8. The van der Waals surface area contributed by atoms with Gasteiger partial charge in [0.1, 0.15) is 0 Å². The molecule has 0 heterocycles. The topological polar surface area (TPSA) is 12.4 Å². The second-order valence-electron chi connectivity index (χ2n) is 6.06. The second kappa shape index (κ2) is 12.7. The number of unbranched alkanes of at least 4 members (excludes halogenated alkanes) is 8. The van der Waals surface area contributed by atoms with Crippen molar-refractivity contribution in [1.82, 2.24) is 0 Å². The highest BCUT2D eigenvalue weighted by molar-refractivity contribution is 5.26. The van der Waals surface area contributed by atoms with Crippen LogP contribution in [0.4, 0.5) is 0 Å². The van der Waals surface area contributed by atoms with Crippen LogP contribution in [0.15, 0.2) is 4.99 Å². The minimum Gasteiger partial charge on any atom is -0.294 e. The summed E-state index contributed by atoms with van der Waals surface area (Å²) in [6.45, 7) is 10.7. The molecule has 0 aliphatic heterocycles. The molecule has 0 rings (SSSR count). The Hall–Kier alpha value is -0.330. The summed E-state index contributed by atoms with van der Waals surface area (Å²) in [6.07, 6.45) is 17.4. The summed E-state index contributed by atoms with van der Waals surface area (Å²) < 4.78 is 0. The SMILES string of the molecule is C=NC(CC)(CCCC)CCCCCCCCCC. The largest absolute Gasteiger partial charge is 0.294 e. The van der Waals surface area contributed by atoms with Gasteiger partial charge >= 0.3 is 0 Å². The molecule has 1 unspecified atom stereocenters. The maximum absolute atomic E-state index is 4.48. The summed E-state index contributed by atoms with van der Waals surface area (Å²) >= 11 is 0. The Labute approximate surface area is 122 Å². The van der Waals surface area contributed by atoms with E-state index < -0.39 is 0 Å². The van der Waals surface area contributed by atoms with Crippen molar-refractivity contribution in [3.05, 3.63) is 0 Å². The van der Waals surface area contributed by atoms with Crippen LogP contribution in [0.1, 0.15) is 104 Å². The summed E-state index contributed by atoms with van der Waals surface area (Å²) in [5.41, 5.74) is 0.193. The van der Waals surface area contributed by atoms with Crippen molar-refractivity contribution in [2.45, 2.75) is 110 Å². The second-order valence-corrected chi connectivity index (χ2v) is 6.06. The van der Waals surface area contributed by atoms with Crippen molar-refractivity contribution in [1.29, 1.82) is 0 Å². The molecule has 0 aliphatic carbocycles. The third-order valence-corrected chi connectivity index (χ3v) is 4.48. The minimum atomic E-state index is 0.193. The summed E-state index contributed by atoms with van der Waals surface area (Å²) in [6, 6.07) is 0. The molecule has 0 aromatic rings. The van der Waals surface area contributed by atoms with Crippen LogP contribution < -0.4 is 0 Å². The van der Waals surface area contributed by atoms with E-state index in [9.17, 15) is 0 Å². The van der Waals surface area contributed by atoms with E-state index >= 15 is 0 Å². The first-order chi connectivity index (χ1) is 9.24. The Bertz CT molecular complexity index is 200. The fraction of sp³-hybridized carbons (Fsp3) is 0.944. The predicted octanol–water partition coefficient (Wildman–Crippen LogP) is 6.56. The molecule has 0 aliphatic rings. The van der Waals surface area contributed by atoms with Gasteiger partial charge in [-0.05, 0) is 26.0 Å². The molecular formula is C18H37N. The van der Waals surface area contributed by atoms with Crippen LogP contribution in [0.2, 0.25) is 0 Å². The lowest BCUT2D eigenvalue weighted by Crippen LogP contribution is -2.25. The Morgan fingerprint density at radius 2 is 1.16 bits per heavy atom. The Kier molecular flexibility index (Phi) is 12.5. The standard InChI is InChI=1S/C18H37N/c1-5-8-10-11-12-13-14-15-17-18(7-3,19-4)16-9-6-2/h4-17H2,1-3H3. The lowest BCUT2D eigenvalue weighted by Gasteiger charge is -2.28. The van der Waals surface area contributed by atoms with E-state index in [1.165, 1.54) is 77.0 Å². The van der Waals surface area contributed by atoms with E-state index in [0.717, 1.165) is 6.42 Å². The molecular weight excluding hydrogens is 230 g/mol. The maximum atomic E-state index is 4.48. The zero-order valence-corrected chi connectivity index (χ0v) is 13.8. The Morgan fingerprint density at radius 3 is 1.63 bits per heavy atom. The molecule has 0 N–H and O–H groups in total. The van der Waals surface area contributed by atoms with Gasteiger partial charge in [-0.25, -0.2) is 0 Å². The molecule has 0 amide bonds. The number of hydrogen-bond acceptors (Lipinski definition) is 1. The maximum Gasteiger partial charge on any atom is 0.0598 e. The minimum absolute atomic E-state index is 0.193.